The van der Waals surface area contributed by atoms with E-state index in [1.165, 1.54) is 5.56 Å². The minimum atomic E-state index is -0.602. The van der Waals surface area contributed by atoms with E-state index in [1.807, 2.05) is 24.3 Å². The van der Waals surface area contributed by atoms with E-state index < -0.39 is 5.91 Å². The molecule has 31 heavy (non-hydrogen) atoms. The third-order valence-corrected chi connectivity index (χ3v) is 5.05. The fraction of sp³-hybridized carbons (Fsp3) is 0.125. The molecule has 4 aromatic rings. The highest BCUT2D eigenvalue weighted by Gasteiger charge is 2.13. The minimum Gasteiger partial charge on any atom is -0.396 e. The van der Waals surface area contributed by atoms with Gasteiger partial charge in [-0.3, -0.25) is 15.0 Å². The van der Waals surface area contributed by atoms with E-state index in [0.29, 0.717) is 22.2 Å². The quantitative estimate of drug-likeness (QED) is 0.307. The van der Waals surface area contributed by atoms with Gasteiger partial charge in [0.05, 0.1) is 16.8 Å². The first kappa shape index (κ1) is 22.4. The van der Waals surface area contributed by atoms with Gasteiger partial charge in [0.1, 0.15) is 0 Å². The van der Waals surface area contributed by atoms with Gasteiger partial charge < -0.3 is 5.11 Å². The Bertz CT molecular complexity index is 1180. The molecule has 0 aliphatic rings. The second kappa shape index (κ2) is 10.1. The molecule has 0 saturated carbocycles. The lowest BCUT2D eigenvalue weighted by Crippen LogP contribution is -2.19. The number of hydrogen-bond donors (Lipinski definition) is 3. The average molecular weight is 436 g/mol. The summed E-state index contributed by atoms with van der Waals surface area (Å²) in [5, 5.41) is 18.6. The molecular formula is C24H22ClN3O3. The highest BCUT2D eigenvalue weighted by atomic mass is 35.5. The number of aliphatic hydroxyl groups is 1. The van der Waals surface area contributed by atoms with Crippen molar-refractivity contribution in [3.05, 3.63) is 84.2 Å². The molecule has 1 amide bonds. The van der Waals surface area contributed by atoms with Gasteiger partial charge >= 0.3 is 0 Å². The van der Waals surface area contributed by atoms with Crippen LogP contribution in [0.3, 0.4) is 0 Å². The summed E-state index contributed by atoms with van der Waals surface area (Å²) in [5.74, 6) is -0.602. The van der Waals surface area contributed by atoms with Crippen LogP contribution < -0.4 is 5.48 Å². The first-order valence-electron chi connectivity index (χ1n) is 9.69. The van der Waals surface area contributed by atoms with Crippen molar-refractivity contribution in [1.29, 1.82) is 0 Å². The number of benzene rings is 2. The van der Waals surface area contributed by atoms with E-state index >= 15 is 0 Å². The Kier molecular flexibility index (Phi) is 7.31. The van der Waals surface area contributed by atoms with Crippen molar-refractivity contribution in [3.63, 3.8) is 0 Å². The van der Waals surface area contributed by atoms with Crippen molar-refractivity contribution >= 4 is 29.2 Å². The number of nitrogens with one attached hydrogen (secondary N) is 1. The molecule has 6 nitrogen and oxygen atoms in total. The van der Waals surface area contributed by atoms with Crippen LogP contribution in [0.5, 0.6) is 0 Å². The number of nitrogens with zero attached hydrogens (tertiary/aromatic N) is 2. The van der Waals surface area contributed by atoms with Crippen molar-refractivity contribution in [1.82, 2.24) is 15.4 Å². The zero-order chi connectivity index (χ0) is 20.9. The molecule has 7 heteroatoms. The number of aromatic nitrogens is 2. The van der Waals surface area contributed by atoms with E-state index in [-0.39, 0.29) is 19.0 Å². The molecule has 2 heterocycles. The van der Waals surface area contributed by atoms with Gasteiger partial charge in [-0.1, -0.05) is 48.5 Å². The van der Waals surface area contributed by atoms with Gasteiger partial charge in [-0.05, 0) is 41.7 Å². The zero-order valence-electron chi connectivity index (χ0n) is 16.7. The number of aryl methyl sites for hydroxylation is 1. The minimum absolute atomic E-state index is 0. The summed E-state index contributed by atoms with van der Waals surface area (Å²) >= 11 is 0. The molecule has 0 bridgehead atoms. The zero-order valence-corrected chi connectivity index (χ0v) is 17.5. The van der Waals surface area contributed by atoms with Crippen molar-refractivity contribution < 1.29 is 15.1 Å². The summed E-state index contributed by atoms with van der Waals surface area (Å²) in [6.07, 6.45) is 4.80. The Labute approximate surface area is 186 Å². The number of carbonyl (C=O) groups is 1. The Morgan fingerprint density at radius 3 is 2.23 bits per heavy atom. The Morgan fingerprint density at radius 2 is 1.58 bits per heavy atom. The van der Waals surface area contributed by atoms with Crippen molar-refractivity contribution in [2.24, 2.45) is 0 Å². The van der Waals surface area contributed by atoms with Crippen LogP contribution in [0.15, 0.2) is 73.1 Å². The molecule has 0 atom stereocenters. The van der Waals surface area contributed by atoms with Gasteiger partial charge in [0, 0.05) is 30.0 Å². The molecule has 2 aromatic heterocycles. The van der Waals surface area contributed by atoms with Gasteiger partial charge in [-0.2, -0.15) is 0 Å². The molecule has 0 unspecified atom stereocenters. The third kappa shape index (κ3) is 4.88. The van der Waals surface area contributed by atoms with Gasteiger partial charge in [0.2, 0.25) is 0 Å². The molecule has 3 N–H and O–H groups in total. The van der Waals surface area contributed by atoms with Gasteiger partial charge in [-0.25, -0.2) is 10.5 Å². The van der Waals surface area contributed by atoms with Gasteiger partial charge in [-0.15, -0.1) is 12.4 Å². The lowest BCUT2D eigenvalue weighted by molar-refractivity contribution is 0.0708. The lowest BCUT2D eigenvalue weighted by atomic mass is 9.99. The molecule has 0 radical (unpaired) electrons. The summed E-state index contributed by atoms with van der Waals surface area (Å²) in [6, 6.07) is 19.7. The number of aliphatic hydroxyl groups excluding tert-OH is 1. The van der Waals surface area contributed by atoms with Crippen LogP contribution in [0.1, 0.15) is 22.3 Å². The summed E-state index contributed by atoms with van der Waals surface area (Å²) < 4.78 is 0. The standard InChI is InChI=1S/C24H21N3O3.ClH/c28-13-1-2-16-3-5-17(6-4-16)18-7-9-19(10-8-18)23-14-20(24(29)27-30)21-15-25-12-11-22(21)26-23;/h3-12,14-15,28,30H,1-2,13H2,(H,27,29);1H. The molecular weight excluding hydrogens is 414 g/mol. The summed E-state index contributed by atoms with van der Waals surface area (Å²) in [7, 11) is 0. The van der Waals surface area contributed by atoms with E-state index in [9.17, 15) is 4.79 Å². The smallest absolute Gasteiger partial charge is 0.275 e. The molecule has 4 rings (SSSR count). The SMILES string of the molecule is Cl.O=C(NO)c1cc(-c2ccc(-c3ccc(CCCO)cc3)cc2)nc2ccncc12. The van der Waals surface area contributed by atoms with E-state index in [1.54, 1.807) is 30.0 Å². The predicted octanol–water partition coefficient (Wildman–Crippen LogP) is 4.43. The monoisotopic (exact) mass is 435 g/mol. The number of hydroxylamine groups is 1. The van der Waals surface area contributed by atoms with Crippen LogP contribution in [-0.2, 0) is 6.42 Å². The van der Waals surface area contributed by atoms with Crippen molar-refractivity contribution in [2.75, 3.05) is 6.61 Å². The number of carbonyl (C=O) groups excluding carboxylic acids is 1. The number of rotatable bonds is 6. The number of hydrogen-bond acceptors (Lipinski definition) is 5. The summed E-state index contributed by atoms with van der Waals surface area (Å²) in [4.78, 5) is 20.8. The molecule has 158 valence electrons. The largest absolute Gasteiger partial charge is 0.396 e. The molecule has 0 saturated heterocycles. The molecule has 0 aliphatic carbocycles. The molecule has 0 aliphatic heterocycles. The maximum atomic E-state index is 12.1. The number of amides is 1. The van der Waals surface area contributed by atoms with Crippen LogP contribution in [0.2, 0.25) is 0 Å². The number of pyridine rings is 2. The third-order valence-electron chi connectivity index (χ3n) is 5.05. The second-order valence-corrected chi connectivity index (χ2v) is 6.99. The lowest BCUT2D eigenvalue weighted by Gasteiger charge is -2.09. The molecule has 0 fully saturated rings. The normalized spacial score (nSPS) is 10.5. The number of halogens is 1. The first-order valence-corrected chi connectivity index (χ1v) is 9.69. The van der Waals surface area contributed by atoms with Crippen molar-refractivity contribution in [3.8, 4) is 22.4 Å². The average Bonchev–Trinajstić information content (AvgIpc) is 2.82. The Balaban J connectivity index is 0.00000272. The van der Waals surface area contributed by atoms with Crippen LogP contribution in [0.4, 0.5) is 0 Å². The van der Waals surface area contributed by atoms with Gasteiger partial charge in [0.25, 0.3) is 5.91 Å². The van der Waals surface area contributed by atoms with Crippen LogP contribution in [0, 0.1) is 0 Å². The van der Waals surface area contributed by atoms with E-state index in [2.05, 4.69) is 34.2 Å². The number of fused-ring (bicyclic) bond motifs is 1. The van der Waals surface area contributed by atoms with E-state index in [4.69, 9.17) is 10.3 Å². The maximum absolute atomic E-state index is 12.1. The van der Waals surface area contributed by atoms with Crippen LogP contribution in [0.25, 0.3) is 33.3 Å². The summed E-state index contributed by atoms with van der Waals surface area (Å²) in [5.41, 5.74) is 7.52. The first-order chi connectivity index (χ1) is 14.7. The summed E-state index contributed by atoms with van der Waals surface area (Å²) in [6.45, 7) is 0.199. The maximum Gasteiger partial charge on any atom is 0.275 e. The van der Waals surface area contributed by atoms with Crippen LogP contribution >= 0.6 is 12.4 Å². The second-order valence-electron chi connectivity index (χ2n) is 6.99. The fourth-order valence-corrected chi connectivity index (χ4v) is 3.45. The highest BCUT2D eigenvalue weighted by molar-refractivity contribution is 6.06. The topological polar surface area (TPSA) is 95.3 Å². The predicted molar refractivity (Wildman–Crippen MR) is 122 cm³/mol. The molecule has 2 aromatic carbocycles. The molecule has 0 spiro atoms. The van der Waals surface area contributed by atoms with Crippen molar-refractivity contribution in [2.45, 2.75) is 12.8 Å². The Morgan fingerprint density at radius 1 is 0.935 bits per heavy atom. The fourth-order valence-electron chi connectivity index (χ4n) is 3.45. The van der Waals surface area contributed by atoms with Crippen LogP contribution in [-0.4, -0.2) is 32.8 Å². The Hall–Kier alpha value is -3.32. The van der Waals surface area contributed by atoms with Gasteiger partial charge in [0.15, 0.2) is 0 Å². The van der Waals surface area contributed by atoms with E-state index in [0.717, 1.165) is 29.5 Å². The highest BCUT2D eigenvalue weighted by Crippen LogP contribution is 2.27.